The molecule has 0 aliphatic heterocycles. The fourth-order valence-electron chi connectivity index (χ4n) is 1.46. The van der Waals surface area contributed by atoms with E-state index in [9.17, 15) is 0 Å². The number of rotatable bonds is 9. The Kier molecular flexibility index (Phi) is 5.73. The van der Waals surface area contributed by atoms with Gasteiger partial charge in [0.15, 0.2) is 0 Å². The lowest BCUT2D eigenvalue weighted by Crippen LogP contribution is -2.35. The average Bonchev–Trinajstić information content (AvgIpc) is 3.05. The van der Waals surface area contributed by atoms with Crippen LogP contribution in [0.3, 0.4) is 0 Å². The van der Waals surface area contributed by atoms with Crippen LogP contribution < -0.4 is 5.32 Å². The van der Waals surface area contributed by atoms with Crippen molar-refractivity contribution >= 4 is 0 Å². The molecule has 1 rings (SSSR count). The van der Waals surface area contributed by atoms with E-state index in [4.69, 9.17) is 9.47 Å². The van der Waals surface area contributed by atoms with Crippen LogP contribution in [0.25, 0.3) is 0 Å². The minimum absolute atomic E-state index is 0.195. The van der Waals surface area contributed by atoms with Gasteiger partial charge in [-0.25, -0.2) is 0 Å². The number of nitrogens with one attached hydrogen (secondary N) is 1. The smallest absolute Gasteiger partial charge is 0.0780 e. The van der Waals surface area contributed by atoms with Crippen LogP contribution in [0.15, 0.2) is 0 Å². The zero-order chi connectivity index (χ0) is 12.0. The number of ether oxygens (including phenoxy) is 2. The highest BCUT2D eigenvalue weighted by atomic mass is 16.5. The summed E-state index contributed by atoms with van der Waals surface area (Å²) in [5.41, 5.74) is 0.211. The van der Waals surface area contributed by atoms with E-state index in [0.717, 1.165) is 25.8 Å². The van der Waals surface area contributed by atoms with Crippen LogP contribution >= 0.6 is 0 Å². The molecule has 0 aromatic rings. The van der Waals surface area contributed by atoms with Crippen molar-refractivity contribution in [3.05, 3.63) is 0 Å². The normalized spacial score (nSPS) is 18.8. The molecule has 1 aliphatic carbocycles. The molecule has 0 spiro atoms. The summed E-state index contributed by atoms with van der Waals surface area (Å²) >= 11 is 0. The summed E-state index contributed by atoms with van der Waals surface area (Å²) in [6, 6.07) is 0.778. The molecule has 96 valence electrons. The molecule has 0 aromatic heterocycles. The van der Waals surface area contributed by atoms with Gasteiger partial charge in [0.1, 0.15) is 0 Å². The quantitative estimate of drug-likeness (QED) is 0.657. The zero-order valence-electron chi connectivity index (χ0n) is 11.2. The van der Waals surface area contributed by atoms with Gasteiger partial charge < -0.3 is 14.8 Å². The molecule has 16 heavy (non-hydrogen) atoms. The number of hydrogen-bond acceptors (Lipinski definition) is 3. The molecule has 0 amide bonds. The molecule has 0 radical (unpaired) electrons. The summed E-state index contributed by atoms with van der Waals surface area (Å²) in [6.45, 7) is 11.9. The molecular weight excluding hydrogens is 202 g/mol. The Bertz CT molecular complexity index is 190. The lowest BCUT2D eigenvalue weighted by Gasteiger charge is -2.27. The summed E-state index contributed by atoms with van der Waals surface area (Å²) in [4.78, 5) is 0. The first-order chi connectivity index (χ1) is 7.53. The highest BCUT2D eigenvalue weighted by Crippen LogP contribution is 2.22. The SMILES string of the molecule is CCOCC(C)OCC(C)(C)CNC1CC1. The molecule has 1 atom stereocenters. The zero-order valence-corrected chi connectivity index (χ0v) is 11.2. The van der Waals surface area contributed by atoms with Gasteiger partial charge in [-0.3, -0.25) is 0 Å². The van der Waals surface area contributed by atoms with Crippen LogP contribution in [-0.2, 0) is 9.47 Å². The van der Waals surface area contributed by atoms with E-state index in [1.165, 1.54) is 12.8 Å². The van der Waals surface area contributed by atoms with Crippen LogP contribution in [0.5, 0.6) is 0 Å². The summed E-state index contributed by atoms with van der Waals surface area (Å²) in [7, 11) is 0. The molecule has 3 heteroatoms. The van der Waals surface area contributed by atoms with E-state index in [1.54, 1.807) is 0 Å². The van der Waals surface area contributed by atoms with E-state index in [1.807, 2.05) is 6.92 Å². The van der Waals surface area contributed by atoms with Crippen molar-refractivity contribution in [2.75, 3.05) is 26.4 Å². The standard InChI is InChI=1S/C13H27NO2/c1-5-15-8-11(2)16-10-13(3,4)9-14-12-6-7-12/h11-12,14H,5-10H2,1-4H3. The fraction of sp³-hybridized carbons (Fsp3) is 1.00. The molecule has 0 heterocycles. The maximum absolute atomic E-state index is 5.80. The van der Waals surface area contributed by atoms with Gasteiger partial charge in [0.2, 0.25) is 0 Å². The second-order valence-corrected chi connectivity index (χ2v) is 5.60. The number of hydrogen-bond donors (Lipinski definition) is 1. The molecular formula is C13H27NO2. The third-order valence-corrected chi connectivity index (χ3v) is 2.76. The first-order valence-corrected chi connectivity index (χ1v) is 6.46. The maximum Gasteiger partial charge on any atom is 0.0780 e. The monoisotopic (exact) mass is 229 g/mol. The molecule has 1 aliphatic rings. The van der Waals surface area contributed by atoms with E-state index in [2.05, 4.69) is 26.1 Å². The van der Waals surface area contributed by atoms with Crippen molar-refractivity contribution in [2.24, 2.45) is 5.41 Å². The van der Waals surface area contributed by atoms with Crippen LogP contribution in [0, 0.1) is 5.41 Å². The topological polar surface area (TPSA) is 30.5 Å². The molecule has 0 bridgehead atoms. The van der Waals surface area contributed by atoms with Gasteiger partial charge in [-0.15, -0.1) is 0 Å². The average molecular weight is 229 g/mol. The van der Waals surface area contributed by atoms with Gasteiger partial charge in [-0.1, -0.05) is 13.8 Å². The van der Waals surface area contributed by atoms with Crippen LogP contribution in [-0.4, -0.2) is 38.5 Å². The first-order valence-electron chi connectivity index (χ1n) is 6.46. The molecule has 1 unspecified atom stereocenters. The van der Waals surface area contributed by atoms with E-state index < -0.39 is 0 Å². The van der Waals surface area contributed by atoms with Crippen molar-refractivity contribution in [1.82, 2.24) is 5.32 Å². The Hall–Kier alpha value is -0.120. The van der Waals surface area contributed by atoms with Crippen LogP contribution in [0.1, 0.15) is 40.5 Å². The highest BCUT2D eigenvalue weighted by Gasteiger charge is 2.25. The lowest BCUT2D eigenvalue weighted by atomic mass is 9.95. The largest absolute Gasteiger partial charge is 0.379 e. The molecule has 0 aromatic carbocycles. The first kappa shape index (κ1) is 13.9. The van der Waals surface area contributed by atoms with Crippen molar-refractivity contribution in [2.45, 2.75) is 52.7 Å². The Balaban J connectivity index is 2.07. The van der Waals surface area contributed by atoms with Gasteiger partial charge in [0.25, 0.3) is 0 Å². The second kappa shape index (κ2) is 6.58. The summed E-state index contributed by atoms with van der Waals surface area (Å²) < 4.78 is 11.1. The Morgan fingerprint density at radius 1 is 1.38 bits per heavy atom. The summed E-state index contributed by atoms with van der Waals surface area (Å²) in [6.07, 6.45) is 2.88. The Morgan fingerprint density at radius 3 is 2.62 bits per heavy atom. The third-order valence-electron chi connectivity index (χ3n) is 2.76. The molecule has 1 fully saturated rings. The third kappa shape index (κ3) is 6.46. The highest BCUT2D eigenvalue weighted by molar-refractivity contribution is 4.84. The molecule has 0 saturated heterocycles. The Labute approximate surface area is 99.9 Å². The van der Waals surface area contributed by atoms with Crippen molar-refractivity contribution < 1.29 is 9.47 Å². The molecule has 3 nitrogen and oxygen atoms in total. The maximum atomic E-state index is 5.80. The van der Waals surface area contributed by atoms with Gasteiger partial charge in [0, 0.05) is 24.6 Å². The predicted octanol–water partition coefficient (Wildman–Crippen LogP) is 2.21. The summed E-state index contributed by atoms with van der Waals surface area (Å²) in [5, 5.41) is 3.55. The van der Waals surface area contributed by atoms with E-state index >= 15 is 0 Å². The second-order valence-electron chi connectivity index (χ2n) is 5.60. The van der Waals surface area contributed by atoms with E-state index in [-0.39, 0.29) is 11.5 Å². The van der Waals surface area contributed by atoms with Crippen molar-refractivity contribution in [3.8, 4) is 0 Å². The van der Waals surface area contributed by atoms with Gasteiger partial charge in [-0.2, -0.15) is 0 Å². The minimum atomic E-state index is 0.195. The predicted molar refractivity (Wildman–Crippen MR) is 66.7 cm³/mol. The molecule has 1 saturated carbocycles. The fourth-order valence-corrected chi connectivity index (χ4v) is 1.46. The van der Waals surface area contributed by atoms with Gasteiger partial charge in [0.05, 0.1) is 19.3 Å². The minimum Gasteiger partial charge on any atom is -0.379 e. The van der Waals surface area contributed by atoms with Crippen molar-refractivity contribution in [1.29, 1.82) is 0 Å². The summed E-state index contributed by atoms with van der Waals surface area (Å²) in [5.74, 6) is 0. The van der Waals surface area contributed by atoms with Crippen molar-refractivity contribution in [3.63, 3.8) is 0 Å². The van der Waals surface area contributed by atoms with E-state index in [0.29, 0.717) is 6.61 Å². The van der Waals surface area contributed by atoms with Crippen LogP contribution in [0.4, 0.5) is 0 Å². The van der Waals surface area contributed by atoms with Crippen LogP contribution in [0.2, 0.25) is 0 Å². The van der Waals surface area contributed by atoms with Gasteiger partial charge in [-0.05, 0) is 26.7 Å². The Morgan fingerprint density at radius 2 is 2.06 bits per heavy atom. The molecule has 1 N–H and O–H groups in total. The van der Waals surface area contributed by atoms with Gasteiger partial charge >= 0.3 is 0 Å². The lowest BCUT2D eigenvalue weighted by molar-refractivity contribution is -0.0329.